The molecule has 3 rings (SSSR count). The Morgan fingerprint density at radius 3 is 3.05 bits per heavy atom. The molecule has 0 atom stereocenters. The number of hydrogen-bond acceptors (Lipinski definition) is 6. The molecular weight excluding hydrogens is 262 g/mol. The average Bonchev–Trinajstić information content (AvgIpc) is 3.03. The van der Waals surface area contributed by atoms with Gasteiger partial charge in [0.15, 0.2) is 5.69 Å². The minimum Gasteiger partial charge on any atom is -0.443 e. The van der Waals surface area contributed by atoms with Crippen molar-refractivity contribution in [1.82, 2.24) is 25.3 Å². The number of rotatable bonds is 3. The number of fused-ring (bicyclic) bond motifs is 1. The highest BCUT2D eigenvalue weighted by molar-refractivity contribution is 5.93. The van der Waals surface area contributed by atoms with E-state index >= 15 is 0 Å². The number of nitrogens with one attached hydrogen (secondary N) is 1. The van der Waals surface area contributed by atoms with Gasteiger partial charge in [-0.15, -0.1) is 0 Å². The molecule has 0 aliphatic carbocycles. The normalized spacial score (nSPS) is 14.4. The fraction of sp³-hybridized carbons (Fsp3) is 0.500. The van der Waals surface area contributed by atoms with Crippen molar-refractivity contribution in [3.8, 4) is 0 Å². The van der Waals surface area contributed by atoms with Crippen molar-refractivity contribution in [2.45, 2.75) is 26.5 Å². The maximum Gasteiger partial charge on any atom is 0.276 e. The van der Waals surface area contributed by atoms with E-state index in [2.05, 4.69) is 20.4 Å². The Bertz CT molecular complexity index is 633. The Hall–Kier alpha value is -2.22. The first-order valence-corrected chi connectivity index (χ1v) is 6.32. The van der Waals surface area contributed by atoms with Gasteiger partial charge in [0.25, 0.3) is 5.91 Å². The van der Waals surface area contributed by atoms with Crippen molar-refractivity contribution in [2.24, 2.45) is 0 Å². The molecule has 1 aliphatic heterocycles. The molecule has 0 fully saturated rings. The van der Waals surface area contributed by atoms with Crippen LogP contribution in [-0.2, 0) is 24.3 Å². The predicted molar refractivity (Wildman–Crippen MR) is 66.8 cm³/mol. The first kappa shape index (κ1) is 12.8. The van der Waals surface area contributed by atoms with Gasteiger partial charge in [-0.05, 0) is 6.92 Å². The number of H-pyrrole nitrogens is 1. The van der Waals surface area contributed by atoms with E-state index in [0.29, 0.717) is 43.4 Å². The van der Waals surface area contributed by atoms with Crippen LogP contribution >= 0.6 is 0 Å². The molecule has 8 heteroatoms. The second-order valence-electron chi connectivity index (χ2n) is 4.64. The van der Waals surface area contributed by atoms with Gasteiger partial charge in [-0.1, -0.05) is 0 Å². The highest BCUT2D eigenvalue weighted by Gasteiger charge is 2.28. The zero-order chi connectivity index (χ0) is 14.1. The van der Waals surface area contributed by atoms with Crippen LogP contribution in [0.5, 0.6) is 0 Å². The molecule has 0 aromatic carbocycles. The SMILES string of the molecule is COCc1nc2c(o1)CCN(C(=O)c1n[nH]nc1C)C2. The topological polar surface area (TPSA) is 97.1 Å². The van der Waals surface area contributed by atoms with Crippen LogP contribution in [0.15, 0.2) is 4.42 Å². The van der Waals surface area contributed by atoms with E-state index in [0.717, 1.165) is 11.5 Å². The van der Waals surface area contributed by atoms with Gasteiger partial charge >= 0.3 is 0 Å². The number of aromatic nitrogens is 4. The Morgan fingerprint density at radius 2 is 2.35 bits per heavy atom. The summed E-state index contributed by atoms with van der Waals surface area (Å²) in [5.74, 6) is 1.24. The molecule has 0 saturated heterocycles. The number of aryl methyl sites for hydroxylation is 1. The van der Waals surface area contributed by atoms with E-state index in [9.17, 15) is 4.79 Å². The minimum absolute atomic E-state index is 0.141. The van der Waals surface area contributed by atoms with E-state index in [1.54, 1.807) is 18.9 Å². The molecule has 3 heterocycles. The van der Waals surface area contributed by atoms with Gasteiger partial charge in [-0.3, -0.25) is 4.79 Å². The third kappa shape index (κ3) is 2.18. The van der Waals surface area contributed by atoms with E-state index in [4.69, 9.17) is 9.15 Å². The first-order valence-electron chi connectivity index (χ1n) is 6.32. The number of nitrogens with zero attached hydrogens (tertiary/aromatic N) is 4. The first-order chi connectivity index (χ1) is 9.69. The van der Waals surface area contributed by atoms with Crippen LogP contribution < -0.4 is 0 Å². The molecule has 8 nitrogen and oxygen atoms in total. The predicted octanol–water partition coefficient (Wildman–Crippen LogP) is 0.446. The summed E-state index contributed by atoms with van der Waals surface area (Å²) in [5, 5.41) is 10.2. The second kappa shape index (κ2) is 5.04. The number of ether oxygens (including phenoxy) is 1. The largest absolute Gasteiger partial charge is 0.443 e. The Balaban J connectivity index is 1.78. The third-order valence-electron chi connectivity index (χ3n) is 3.25. The van der Waals surface area contributed by atoms with Crippen molar-refractivity contribution in [3.63, 3.8) is 0 Å². The van der Waals surface area contributed by atoms with Crippen LogP contribution in [-0.4, -0.2) is 44.9 Å². The second-order valence-corrected chi connectivity index (χ2v) is 4.64. The summed E-state index contributed by atoms with van der Waals surface area (Å²) in [5.41, 5.74) is 1.74. The van der Waals surface area contributed by atoms with Crippen molar-refractivity contribution >= 4 is 5.91 Å². The summed E-state index contributed by atoms with van der Waals surface area (Å²) < 4.78 is 10.6. The van der Waals surface area contributed by atoms with Crippen LogP contribution in [0.25, 0.3) is 0 Å². The zero-order valence-electron chi connectivity index (χ0n) is 11.3. The smallest absolute Gasteiger partial charge is 0.276 e. The average molecular weight is 277 g/mol. The summed E-state index contributed by atoms with van der Waals surface area (Å²) in [6.45, 7) is 3.09. The molecule has 2 aromatic heterocycles. The highest BCUT2D eigenvalue weighted by Crippen LogP contribution is 2.21. The summed E-state index contributed by atoms with van der Waals surface area (Å²) >= 11 is 0. The molecule has 0 unspecified atom stereocenters. The monoisotopic (exact) mass is 277 g/mol. The molecule has 0 saturated carbocycles. The van der Waals surface area contributed by atoms with Gasteiger partial charge in [0, 0.05) is 20.1 Å². The zero-order valence-corrected chi connectivity index (χ0v) is 11.3. The van der Waals surface area contributed by atoms with Gasteiger partial charge < -0.3 is 14.1 Å². The van der Waals surface area contributed by atoms with Crippen molar-refractivity contribution in [1.29, 1.82) is 0 Å². The van der Waals surface area contributed by atoms with E-state index in [1.807, 2.05) is 0 Å². The highest BCUT2D eigenvalue weighted by atomic mass is 16.5. The number of carbonyl (C=O) groups excluding carboxylic acids is 1. The molecule has 1 aliphatic rings. The fourth-order valence-electron chi connectivity index (χ4n) is 2.25. The summed E-state index contributed by atoms with van der Waals surface area (Å²) in [6.07, 6.45) is 0.648. The van der Waals surface area contributed by atoms with Gasteiger partial charge in [-0.25, -0.2) is 4.98 Å². The lowest BCUT2D eigenvalue weighted by Gasteiger charge is -2.24. The van der Waals surface area contributed by atoms with Crippen LogP contribution in [0.2, 0.25) is 0 Å². The fourth-order valence-corrected chi connectivity index (χ4v) is 2.25. The number of aromatic amines is 1. The number of hydrogen-bond donors (Lipinski definition) is 1. The summed E-state index contributed by atoms with van der Waals surface area (Å²) in [6, 6.07) is 0. The molecule has 1 N–H and O–H groups in total. The lowest BCUT2D eigenvalue weighted by Crippen LogP contribution is -2.36. The molecular formula is C12H15N5O3. The van der Waals surface area contributed by atoms with Crippen molar-refractivity contribution < 1.29 is 13.9 Å². The Labute approximate surface area is 115 Å². The quantitative estimate of drug-likeness (QED) is 0.874. The molecule has 0 radical (unpaired) electrons. The van der Waals surface area contributed by atoms with Crippen molar-refractivity contribution in [2.75, 3.05) is 13.7 Å². The van der Waals surface area contributed by atoms with Crippen LogP contribution in [0.3, 0.4) is 0 Å². The van der Waals surface area contributed by atoms with Gasteiger partial charge in [-0.2, -0.15) is 15.4 Å². The summed E-state index contributed by atoms with van der Waals surface area (Å²) in [7, 11) is 1.59. The van der Waals surface area contributed by atoms with Crippen molar-refractivity contribution in [3.05, 3.63) is 28.7 Å². The molecule has 0 bridgehead atoms. The summed E-state index contributed by atoms with van der Waals surface area (Å²) in [4.78, 5) is 18.4. The van der Waals surface area contributed by atoms with Crippen LogP contribution in [0.4, 0.5) is 0 Å². The molecule has 106 valence electrons. The minimum atomic E-state index is -0.141. The Morgan fingerprint density at radius 1 is 1.50 bits per heavy atom. The number of amides is 1. The number of methoxy groups -OCH3 is 1. The van der Waals surface area contributed by atoms with E-state index in [1.165, 1.54) is 0 Å². The molecule has 2 aromatic rings. The van der Waals surface area contributed by atoms with E-state index < -0.39 is 0 Å². The number of oxazole rings is 1. The molecule has 1 amide bonds. The third-order valence-corrected chi connectivity index (χ3v) is 3.25. The van der Waals surface area contributed by atoms with Crippen LogP contribution in [0.1, 0.15) is 33.5 Å². The van der Waals surface area contributed by atoms with Gasteiger partial charge in [0.1, 0.15) is 18.1 Å². The Kier molecular flexibility index (Phi) is 3.23. The maximum atomic E-state index is 12.3. The number of carbonyl (C=O) groups is 1. The standard InChI is InChI=1S/C12H15N5O3/c1-7-11(15-16-14-7)12(18)17-4-3-9-8(5-17)13-10(20-9)6-19-2/h3-6H2,1-2H3,(H,14,15,16). The van der Waals surface area contributed by atoms with Gasteiger partial charge in [0.05, 0.1) is 12.2 Å². The molecule has 20 heavy (non-hydrogen) atoms. The van der Waals surface area contributed by atoms with Crippen LogP contribution in [0, 0.1) is 6.92 Å². The molecule has 0 spiro atoms. The lowest BCUT2D eigenvalue weighted by molar-refractivity contribution is 0.0720. The maximum absolute atomic E-state index is 12.3. The lowest BCUT2D eigenvalue weighted by atomic mass is 10.1. The van der Waals surface area contributed by atoms with Gasteiger partial charge in [0.2, 0.25) is 5.89 Å². The van der Waals surface area contributed by atoms with E-state index in [-0.39, 0.29) is 5.91 Å².